The Balaban J connectivity index is 2.89. The van der Waals surface area contributed by atoms with Gasteiger partial charge in [0.2, 0.25) is 0 Å². The first kappa shape index (κ1) is 7.86. The fourth-order valence-corrected chi connectivity index (χ4v) is 1.34. The maximum absolute atomic E-state index is 11.1. The lowest BCUT2D eigenvalue weighted by atomic mass is 10.1. The predicted molar refractivity (Wildman–Crippen MR) is 53.7 cm³/mol. The van der Waals surface area contributed by atoms with E-state index < -0.39 is 0 Å². The van der Waals surface area contributed by atoms with Crippen molar-refractivity contribution in [3.63, 3.8) is 0 Å². The van der Waals surface area contributed by atoms with Crippen LogP contribution in [0.4, 0.5) is 5.69 Å². The second-order valence-electron chi connectivity index (χ2n) is 3.14. The molecule has 0 atom stereocenters. The summed E-state index contributed by atoms with van der Waals surface area (Å²) in [6, 6.07) is 7.52. The van der Waals surface area contributed by atoms with Crippen molar-refractivity contribution in [3.8, 4) is 0 Å². The molecule has 2 rings (SSSR count). The van der Waals surface area contributed by atoms with Gasteiger partial charge >= 0.3 is 0 Å². The van der Waals surface area contributed by atoms with Crippen molar-refractivity contribution in [1.29, 1.82) is 0 Å². The Morgan fingerprint density at radius 2 is 2.08 bits per heavy atom. The minimum absolute atomic E-state index is 0.226. The van der Waals surface area contributed by atoms with Crippen LogP contribution in [-0.2, 0) is 0 Å². The second-order valence-corrected chi connectivity index (χ2v) is 3.14. The molecule has 66 valence electrons. The van der Waals surface area contributed by atoms with Crippen LogP contribution in [0.1, 0.15) is 5.56 Å². The normalized spacial score (nSPS) is 10.5. The van der Waals surface area contributed by atoms with Gasteiger partial charge in [0.25, 0.3) is 5.56 Å². The number of nitrogens with two attached hydrogens (primary N) is 1. The van der Waals surface area contributed by atoms with Crippen molar-refractivity contribution < 1.29 is 0 Å². The van der Waals surface area contributed by atoms with E-state index in [2.05, 4.69) is 4.98 Å². The molecule has 0 aliphatic heterocycles. The Kier molecular flexibility index (Phi) is 1.59. The second kappa shape index (κ2) is 2.62. The lowest BCUT2D eigenvalue weighted by Crippen LogP contribution is -2.10. The fourth-order valence-electron chi connectivity index (χ4n) is 1.34. The van der Waals surface area contributed by atoms with Gasteiger partial charge in [-0.1, -0.05) is 11.6 Å². The summed E-state index contributed by atoms with van der Waals surface area (Å²) in [5, 5.41) is 0.970. The molecule has 0 fully saturated rings. The summed E-state index contributed by atoms with van der Waals surface area (Å²) >= 11 is 0. The number of H-pyrrole nitrogens is 1. The summed E-state index contributed by atoms with van der Waals surface area (Å²) in [5.41, 5.74) is 7.50. The van der Waals surface area contributed by atoms with Gasteiger partial charge in [0.05, 0.1) is 5.69 Å². The first-order valence-corrected chi connectivity index (χ1v) is 4.06. The molecule has 2 aromatic rings. The number of nitrogens with one attached hydrogen (secondary N) is 1. The molecule has 0 aliphatic carbocycles. The standard InChI is InChI=1S/C10H10N2O/c1-6-2-3-9-7(4-6)5-8(11)10(13)12-9/h2-5H,11H2,1H3,(H,12,13). The van der Waals surface area contributed by atoms with Gasteiger partial charge < -0.3 is 10.7 Å². The van der Waals surface area contributed by atoms with Gasteiger partial charge in [0.15, 0.2) is 0 Å². The molecule has 1 aromatic heterocycles. The van der Waals surface area contributed by atoms with Gasteiger partial charge in [-0.25, -0.2) is 0 Å². The zero-order valence-corrected chi connectivity index (χ0v) is 7.29. The van der Waals surface area contributed by atoms with E-state index in [0.29, 0.717) is 0 Å². The van der Waals surface area contributed by atoms with Crippen molar-refractivity contribution in [3.05, 3.63) is 40.2 Å². The smallest absolute Gasteiger partial charge is 0.271 e. The van der Waals surface area contributed by atoms with Gasteiger partial charge in [-0.15, -0.1) is 0 Å². The lowest BCUT2D eigenvalue weighted by molar-refractivity contribution is 1.30. The first-order chi connectivity index (χ1) is 6.16. The zero-order valence-electron chi connectivity index (χ0n) is 7.29. The molecule has 3 N–H and O–H groups in total. The third-order valence-corrected chi connectivity index (χ3v) is 2.03. The molecule has 0 spiro atoms. The molecule has 0 saturated carbocycles. The van der Waals surface area contributed by atoms with Crippen LogP contribution in [0.25, 0.3) is 10.9 Å². The molecule has 3 heteroatoms. The molecular weight excluding hydrogens is 164 g/mol. The van der Waals surface area contributed by atoms with Gasteiger partial charge in [-0.2, -0.15) is 0 Å². The van der Waals surface area contributed by atoms with E-state index in [9.17, 15) is 4.79 Å². The molecule has 0 aliphatic rings. The summed E-state index contributed by atoms with van der Waals surface area (Å²) < 4.78 is 0. The number of hydrogen-bond donors (Lipinski definition) is 2. The largest absolute Gasteiger partial charge is 0.394 e. The van der Waals surface area contributed by atoms with E-state index in [4.69, 9.17) is 5.73 Å². The van der Waals surface area contributed by atoms with Crippen LogP contribution in [-0.4, -0.2) is 4.98 Å². The summed E-state index contributed by atoms with van der Waals surface area (Å²) in [4.78, 5) is 13.8. The molecule has 0 bridgehead atoms. The summed E-state index contributed by atoms with van der Waals surface area (Å²) in [6.45, 7) is 2.00. The average molecular weight is 174 g/mol. The van der Waals surface area contributed by atoms with Crippen LogP contribution >= 0.6 is 0 Å². The Morgan fingerprint density at radius 3 is 2.85 bits per heavy atom. The van der Waals surface area contributed by atoms with Crippen molar-refractivity contribution in [2.75, 3.05) is 5.73 Å². The number of aromatic amines is 1. The van der Waals surface area contributed by atoms with Gasteiger partial charge in [-0.3, -0.25) is 4.79 Å². The molecule has 0 radical (unpaired) electrons. The predicted octanol–water partition coefficient (Wildman–Crippen LogP) is 1.42. The van der Waals surface area contributed by atoms with Crippen molar-refractivity contribution in [2.24, 2.45) is 0 Å². The number of aryl methyl sites for hydroxylation is 1. The van der Waals surface area contributed by atoms with Gasteiger partial charge in [-0.05, 0) is 25.1 Å². The number of hydrogen-bond acceptors (Lipinski definition) is 2. The first-order valence-electron chi connectivity index (χ1n) is 4.06. The number of nitrogen functional groups attached to an aromatic ring is 1. The van der Waals surface area contributed by atoms with Crippen LogP contribution in [0, 0.1) is 6.92 Å². The molecule has 1 heterocycles. The Bertz CT molecular complexity index is 514. The number of anilines is 1. The highest BCUT2D eigenvalue weighted by molar-refractivity contribution is 5.81. The van der Waals surface area contributed by atoms with Crippen molar-refractivity contribution in [1.82, 2.24) is 4.98 Å². The third-order valence-electron chi connectivity index (χ3n) is 2.03. The van der Waals surface area contributed by atoms with Crippen molar-refractivity contribution in [2.45, 2.75) is 6.92 Å². The zero-order chi connectivity index (χ0) is 9.42. The van der Waals surface area contributed by atoms with Crippen LogP contribution in [0.2, 0.25) is 0 Å². The number of pyridine rings is 1. The topological polar surface area (TPSA) is 58.9 Å². The van der Waals surface area contributed by atoms with E-state index in [1.165, 1.54) is 0 Å². The quantitative estimate of drug-likeness (QED) is 0.634. The molecule has 0 unspecified atom stereocenters. The van der Waals surface area contributed by atoms with E-state index in [1.807, 2.05) is 25.1 Å². The molecular formula is C10H10N2O. The Labute approximate surface area is 75.2 Å². The lowest BCUT2D eigenvalue weighted by Gasteiger charge is -1.99. The highest BCUT2D eigenvalue weighted by Gasteiger charge is 1.98. The van der Waals surface area contributed by atoms with Gasteiger partial charge in [0.1, 0.15) is 0 Å². The third kappa shape index (κ3) is 1.28. The van der Waals surface area contributed by atoms with Crippen LogP contribution in [0.3, 0.4) is 0 Å². The van der Waals surface area contributed by atoms with Crippen LogP contribution < -0.4 is 11.3 Å². The highest BCUT2D eigenvalue weighted by Crippen LogP contribution is 2.13. The Hall–Kier alpha value is -1.77. The molecule has 0 saturated heterocycles. The number of fused-ring (bicyclic) bond motifs is 1. The highest BCUT2D eigenvalue weighted by atomic mass is 16.1. The minimum Gasteiger partial charge on any atom is -0.394 e. The monoisotopic (exact) mass is 174 g/mol. The molecule has 3 nitrogen and oxygen atoms in total. The summed E-state index contributed by atoms with van der Waals surface area (Å²) in [5.74, 6) is 0. The summed E-state index contributed by atoms with van der Waals surface area (Å²) in [7, 11) is 0. The molecule has 13 heavy (non-hydrogen) atoms. The molecule has 1 aromatic carbocycles. The average Bonchev–Trinajstić information content (AvgIpc) is 2.08. The maximum atomic E-state index is 11.1. The van der Waals surface area contributed by atoms with Crippen LogP contribution in [0.5, 0.6) is 0 Å². The fraction of sp³-hybridized carbons (Fsp3) is 0.100. The SMILES string of the molecule is Cc1ccc2[nH]c(=O)c(N)cc2c1. The number of rotatable bonds is 0. The van der Waals surface area contributed by atoms with E-state index >= 15 is 0 Å². The molecule has 0 amide bonds. The Morgan fingerprint density at radius 1 is 1.31 bits per heavy atom. The summed E-state index contributed by atoms with van der Waals surface area (Å²) in [6.07, 6.45) is 0. The van der Waals surface area contributed by atoms with Crippen molar-refractivity contribution >= 4 is 16.6 Å². The number of benzene rings is 1. The number of aromatic nitrogens is 1. The van der Waals surface area contributed by atoms with Crippen LogP contribution in [0.15, 0.2) is 29.1 Å². The van der Waals surface area contributed by atoms with Gasteiger partial charge in [0, 0.05) is 10.9 Å². The maximum Gasteiger partial charge on any atom is 0.271 e. The minimum atomic E-state index is -0.226. The van der Waals surface area contributed by atoms with E-state index in [-0.39, 0.29) is 11.2 Å². The van der Waals surface area contributed by atoms with E-state index in [0.717, 1.165) is 16.5 Å². The van der Waals surface area contributed by atoms with E-state index in [1.54, 1.807) is 6.07 Å².